The number of rotatable bonds is 4. The molecule has 3 N–H and O–H groups in total. The van der Waals surface area contributed by atoms with E-state index >= 15 is 0 Å². The summed E-state index contributed by atoms with van der Waals surface area (Å²) >= 11 is 0. The van der Waals surface area contributed by atoms with E-state index in [0.29, 0.717) is 6.54 Å². The van der Waals surface area contributed by atoms with Crippen LogP contribution in [-0.2, 0) is 17.9 Å². The molecule has 4 rings (SSSR count). The Bertz CT molecular complexity index is 1010. The number of aliphatic carboxylic acids is 1. The Morgan fingerprint density at radius 3 is 2.45 bits per heavy atom. The van der Waals surface area contributed by atoms with Crippen LogP contribution >= 0.6 is 0 Å². The van der Waals surface area contributed by atoms with Crippen molar-refractivity contribution in [1.82, 2.24) is 15.0 Å². The van der Waals surface area contributed by atoms with Crippen LogP contribution in [-0.4, -0.2) is 58.5 Å². The molecule has 0 unspecified atom stereocenters. The summed E-state index contributed by atoms with van der Waals surface area (Å²) in [6.45, 7) is 5.16. The van der Waals surface area contributed by atoms with E-state index in [0.717, 1.165) is 44.2 Å². The molecule has 1 fully saturated rings. The first kappa shape index (κ1) is 22.5. The highest BCUT2D eigenvalue weighted by atomic mass is 19.4. The van der Waals surface area contributed by atoms with Gasteiger partial charge < -0.3 is 20.3 Å². The van der Waals surface area contributed by atoms with Gasteiger partial charge in [-0.3, -0.25) is 9.88 Å². The maximum Gasteiger partial charge on any atom is 0.490 e. The van der Waals surface area contributed by atoms with Crippen LogP contribution in [0.15, 0.2) is 47.2 Å². The van der Waals surface area contributed by atoms with Crippen LogP contribution in [0.2, 0.25) is 0 Å². The molecule has 0 saturated carbocycles. The molecule has 0 aliphatic carbocycles. The number of halogens is 3. The first-order valence-electron chi connectivity index (χ1n) is 9.52. The highest BCUT2D eigenvalue weighted by Crippen LogP contribution is 2.26. The van der Waals surface area contributed by atoms with Crippen LogP contribution < -0.4 is 10.6 Å². The predicted molar refractivity (Wildman–Crippen MR) is 107 cm³/mol. The fourth-order valence-electron chi connectivity index (χ4n) is 3.26. The number of nitrogens with zero attached hydrogens (tertiary/aromatic N) is 4. The van der Waals surface area contributed by atoms with E-state index in [1.165, 1.54) is 16.5 Å². The van der Waals surface area contributed by atoms with Crippen LogP contribution in [0.25, 0.3) is 10.8 Å². The Balaban J connectivity index is 0.000000339. The zero-order chi connectivity index (χ0) is 22.4. The second-order valence-electron chi connectivity index (χ2n) is 6.93. The molecule has 0 radical (unpaired) electrons. The number of nitrogens with two attached hydrogens (primary N) is 1. The molecule has 11 heteroatoms. The second kappa shape index (κ2) is 9.75. The van der Waals surface area contributed by atoms with Crippen LogP contribution in [0.4, 0.5) is 18.9 Å². The van der Waals surface area contributed by atoms with E-state index in [-0.39, 0.29) is 0 Å². The monoisotopic (exact) mass is 437 g/mol. The highest BCUT2D eigenvalue weighted by Gasteiger charge is 2.38. The van der Waals surface area contributed by atoms with Gasteiger partial charge in [0.15, 0.2) is 5.76 Å². The van der Waals surface area contributed by atoms with E-state index in [9.17, 15) is 13.2 Å². The molecule has 166 valence electrons. The summed E-state index contributed by atoms with van der Waals surface area (Å²) in [6.07, 6.45) is -1.18. The quantitative estimate of drug-likeness (QED) is 0.641. The Hall–Kier alpha value is -3.18. The first-order valence-corrected chi connectivity index (χ1v) is 9.52. The minimum atomic E-state index is -5.08. The van der Waals surface area contributed by atoms with Gasteiger partial charge in [0.05, 0.1) is 24.1 Å². The van der Waals surface area contributed by atoms with Gasteiger partial charge >= 0.3 is 12.1 Å². The Morgan fingerprint density at radius 2 is 1.84 bits per heavy atom. The predicted octanol–water partition coefficient (Wildman–Crippen LogP) is 2.64. The third-order valence-corrected chi connectivity index (χ3v) is 4.80. The number of carboxylic acid groups (broad SMARTS) is 1. The maximum absolute atomic E-state index is 10.6. The number of hydrogen-bond donors (Lipinski definition) is 2. The van der Waals surface area contributed by atoms with Gasteiger partial charge in [0, 0.05) is 55.8 Å². The third kappa shape index (κ3) is 5.92. The van der Waals surface area contributed by atoms with Gasteiger partial charge in [-0.2, -0.15) is 13.2 Å². The molecule has 8 nitrogen and oxygen atoms in total. The average molecular weight is 437 g/mol. The van der Waals surface area contributed by atoms with Crippen molar-refractivity contribution in [3.05, 3.63) is 54.2 Å². The van der Waals surface area contributed by atoms with E-state index in [1.54, 1.807) is 0 Å². The first-order chi connectivity index (χ1) is 14.8. The lowest BCUT2D eigenvalue weighted by molar-refractivity contribution is -0.192. The Morgan fingerprint density at radius 1 is 1.16 bits per heavy atom. The minimum Gasteiger partial charge on any atom is -0.475 e. The van der Waals surface area contributed by atoms with E-state index in [2.05, 4.69) is 44.2 Å². The summed E-state index contributed by atoms with van der Waals surface area (Å²) in [6, 6.07) is 10.4. The molecular formula is C20H22F3N5O3. The summed E-state index contributed by atoms with van der Waals surface area (Å²) in [5.74, 6) is -2.02. The van der Waals surface area contributed by atoms with Gasteiger partial charge in [-0.15, -0.1) is 0 Å². The number of piperazine rings is 1. The SMILES string of the molecule is NCc1cc(CN2CCN(c3cncc4ccccc34)CC2)no1.O=C(O)C(F)(F)F. The van der Waals surface area contributed by atoms with E-state index < -0.39 is 12.1 Å². The molecule has 0 amide bonds. The topological polar surface area (TPSA) is 109 Å². The number of aromatic nitrogens is 2. The number of carboxylic acids is 1. The Kier molecular flexibility index (Phi) is 7.08. The number of pyridine rings is 1. The number of anilines is 1. The van der Waals surface area contributed by atoms with Crippen molar-refractivity contribution in [2.45, 2.75) is 19.3 Å². The number of carbonyl (C=O) groups is 1. The molecule has 1 aliphatic heterocycles. The van der Waals surface area contributed by atoms with E-state index in [4.69, 9.17) is 20.2 Å². The summed E-state index contributed by atoms with van der Waals surface area (Å²) in [4.78, 5) is 18.1. The molecule has 2 aromatic heterocycles. The zero-order valence-electron chi connectivity index (χ0n) is 16.5. The van der Waals surface area contributed by atoms with Crippen molar-refractivity contribution in [2.24, 2.45) is 5.73 Å². The van der Waals surface area contributed by atoms with Gasteiger partial charge in [0.1, 0.15) is 0 Å². The second-order valence-corrected chi connectivity index (χ2v) is 6.93. The van der Waals surface area contributed by atoms with Crippen molar-refractivity contribution < 1.29 is 27.6 Å². The minimum absolute atomic E-state index is 0.398. The largest absolute Gasteiger partial charge is 0.490 e. The normalized spacial score (nSPS) is 14.9. The van der Waals surface area contributed by atoms with Gasteiger partial charge in [-0.25, -0.2) is 4.79 Å². The van der Waals surface area contributed by atoms with Crippen molar-refractivity contribution in [3.8, 4) is 0 Å². The number of alkyl halides is 3. The number of hydrogen-bond acceptors (Lipinski definition) is 7. The fraction of sp³-hybridized carbons (Fsp3) is 0.350. The van der Waals surface area contributed by atoms with Crippen molar-refractivity contribution in [2.75, 3.05) is 31.1 Å². The lowest BCUT2D eigenvalue weighted by Crippen LogP contribution is -2.46. The summed E-state index contributed by atoms with van der Waals surface area (Å²) < 4.78 is 36.9. The lowest BCUT2D eigenvalue weighted by atomic mass is 10.1. The number of benzene rings is 1. The molecule has 0 bridgehead atoms. The van der Waals surface area contributed by atoms with Crippen molar-refractivity contribution in [1.29, 1.82) is 0 Å². The summed E-state index contributed by atoms with van der Waals surface area (Å²) in [5, 5.41) is 13.7. The van der Waals surface area contributed by atoms with Crippen LogP contribution in [0, 0.1) is 0 Å². The molecular weight excluding hydrogens is 415 g/mol. The molecule has 1 aromatic carbocycles. The van der Waals surface area contributed by atoms with Crippen molar-refractivity contribution >= 4 is 22.4 Å². The van der Waals surface area contributed by atoms with Gasteiger partial charge in [0.25, 0.3) is 0 Å². The molecule has 31 heavy (non-hydrogen) atoms. The standard InChI is InChI=1S/C18H21N5O.C2HF3O2/c19-10-16-9-15(21-24-16)13-22-5-7-23(8-6-22)18-12-20-11-14-3-1-2-4-17(14)18;3-2(4,5)1(6)7/h1-4,9,11-12H,5-8,10,13,19H2;(H,6,7). The summed E-state index contributed by atoms with van der Waals surface area (Å²) in [5.41, 5.74) is 7.74. The van der Waals surface area contributed by atoms with Crippen LogP contribution in [0.3, 0.4) is 0 Å². The van der Waals surface area contributed by atoms with Gasteiger partial charge in [-0.1, -0.05) is 29.4 Å². The van der Waals surface area contributed by atoms with E-state index in [1.807, 2.05) is 18.5 Å². The smallest absolute Gasteiger partial charge is 0.475 e. The molecule has 3 heterocycles. The summed E-state index contributed by atoms with van der Waals surface area (Å²) in [7, 11) is 0. The maximum atomic E-state index is 10.6. The van der Waals surface area contributed by atoms with Crippen molar-refractivity contribution in [3.63, 3.8) is 0 Å². The molecule has 1 aliphatic rings. The molecule has 0 spiro atoms. The highest BCUT2D eigenvalue weighted by molar-refractivity contribution is 5.93. The average Bonchev–Trinajstić information content (AvgIpc) is 3.21. The molecule has 1 saturated heterocycles. The van der Waals surface area contributed by atoms with Gasteiger partial charge in [-0.05, 0) is 0 Å². The third-order valence-electron chi connectivity index (χ3n) is 4.80. The zero-order valence-corrected chi connectivity index (χ0v) is 16.5. The Labute approximate surface area is 176 Å². The fourth-order valence-corrected chi connectivity index (χ4v) is 3.26. The molecule has 0 atom stereocenters. The molecule has 3 aromatic rings. The van der Waals surface area contributed by atoms with Crippen LogP contribution in [0.5, 0.6) is 0 Å². The van der Waals surface area contributed by atoms with Gasteiger partial charge in [0.2, 0.25) is 0 Å². The number of fused-ring (bicyclic) bond motifs is 1. The lowest BCUT2D eigenvalue weighted by Gasteiger charge is -2.36. The van der Waals surface area contributed by atoms with Crippen LogP contribution in [0.1, 0.15) is 11.5 Å².